The third-order valence-corrected chi connectivity index (χ3v) is 12.7. The van der Waals surface area contributed by atoms with E-state index in [4.69, 9.17) is 0 Å². The highest BCUT2D eigenvalue weighted by Crippen LogP contribution is 2.48. The van der Waals surface area contributed by atoms with Crippen LogP contribution in [0, 0.1) is 0 Å². The minimum atomic E-state index is 0.280. The first-order chi connectivity index (χ1) is 28.8. The van der Waals surface area contributed by atoms with Gasteiger partial charge in [-0.1, -0.05) is 115 Å². The molecule has 3 heterocycles. The van der Waals surface area contributed by atoms with Crippen molar-refractivity contribution in [2.24, 2.45) is 0 Å². The number of hydrogen-bond donors (Lipinski definition) is 0. The van der Waals surface area contributed by atoms with Gasteiger partial charge in [-0.05, 0) is 117 Å². The van der Waals surface area contributed by atoms with Crippen molar-refractivity contribution in [1.29, 1.82) is 0 Å². The van der Waals surface area contributed by atoms with Crippen LogP contribution in [0.1, 0.15) is 48.9 Å². The molecule has 0 radical (unpaired) electrons. The van der Waals surface area contributed by atoms with Crippen LogP contribution in [0.5, 0.6) is 0 Å². The molecule has 0 fully saturated rings. The highest BCUT2D eigenvalue weighted by Gasteiger charge is 2.37. The van der Waals surface area contributed by atoms with Gasteiger partial charge in [0.25, 0.3) is 0 Å². The van der Waals surface area contributed by atoms with Crippen LogP contribution < -0.4 is 9.80 Å². The minimum Gasteiger partial charge on any atom is -0.341 e. The van der Waals surface area contributed by atoms with Gasteiger partial charge in [-0.3, -0.25) is 0 Å². The highest BCUT2D eigenvalue weighted by molar-refractivity contribution is 6.10. The minimum absolute atomic E-state index is 0.280. The normalized spacial score (nSPS) is 18.6. The van der Waals surface area contributed by atoms with Crippen LogP contribution in [-0.2, 0) is 6.42 Å². The molecule has 282 valence electrons. The van der Waals surface area contributed by atoms with Crippen molar-refractivity contribution < 1.29 is 0 Å². The van der Waals surface area contributed by atoms with Crippen molar-refractivity contribution in [2.75, 3.05) is 16.3 Å². The van der Waals surface area contributed by atoms with Gasteiger partial charge in [-0.15, -0.1) is 0 Å². The number of anilines is 3. The van der Waals surface area contributed by atoms with Gasteiger partial charge < -0.3 is 18.9 Å². The fourth-order valence-electron chi connectivity index (χ4n) is 10.1. The van der Waals surface area contributed by atoms with Crippen LogP contribution in [0.2, 0.25) is 0 Å². The van der Waals surface area contributed by atoms with E-state index in [9.17, 15) is 0 Å². The molecule has 11 rings (SSSR count). The number of aryl methyl sites for hydroxylation is 1. The van der Waals surface area contributed by atoms with Crippen molar-refractivity contribution in [3.8, 4) is 0 Å². The second-order valence-electron chi connectivity index (χ2n) is 15.8. The molecule has 0 amide bonds. The zero-order valence-corrected chi connectivity index (χ0v) is 32.9. The topological polar surface area (TPSA) is 16.3 Å². The van der Waals surface area contributed by atoms with Gasteiger partial charge in [0.2, 0.25) is 0 Å². The lowest BCUT2D eigenvalue weighted by Crippen LogP contribution is -2.28. The Morgan fingerprint density at radius 1 is 0.707 bits per heavy atom. The first kappa shape index (κ1) is 34.5. The van der Waals surface area contributed by atoms with Crippen LogP contribution in [0.25, 0.3) is 50.2 Å². The second-order valence-corrected chi connectivity index (χ2v) is 15.8. The summed E-state index contributed by atoms with van der Waals surface area (Å²) < 4.78 is 4.93. The predicted octanol–water partition coefficient (Wildman–Crippen LogP) is 13.6. The summed E-state index contributed by atoms with van der Waals surface area (Å²) in [4.78, 5) is 5.03. The molecule has 0 saturated heterocycles. The third kappa shape index (κ3) is 5.58. The number of para-hydroxylation sites is 4. The summed E-state index contributed by atoms with van der Waals surface area (Å²) in [7, 11) is 0. The molecular formula is C54H46N4. The van der Waals surface area contributed by atoms with E-state index in [0.29, 0.717) is 5.92 Å². The van der Waals surface area contributed by atoms with Gasteiger partial charge in [0.15, 0.2) is 0 Å². The van der Waals surface area contributed by atoms with Gasteiger partial charge in [-0.2, -0.15) is 0 Å². The molecule has 4 heteroatoms. The van der Waals surface area contributed by atoms with Crippen LogP contribution in [0.4, 0.5) is 17.1 Å². The standard InChI is InChI=1S/C54H46N4/c1-2-38(56-49-23-9-3-17-43(49)44-18-4-10-24-50(44)56)16-15-37-55(39-29-33-41(34-30-39)57-51-25-11-5-19-45(51)46-20-6-12-26-52(46)57)40-31-35-42(36-32-40)58-53-27-13-7-21-47(53)48-22-8-14-28-54(48)58/h2-7,9-21,23-31,33-35,45,51H,8,22,32,36-37H2,1H3/b16-15-,38-2+. The summed E-state index contributed by atoms with van der Waals surface area (Å²) in [5, 5.41) is 3.95. The third-order valence-electron chi connectivity index (χ3n) is 12.7. The van der Waals surface area contributed by atoms with E-state index in [-0.39, 0.29) is 6.04 Å². The average molecular weight is 751 g/mol. The lowest BCUT2D eigenvalue weighted by atomic mass is 9.91. The Morgan fingerprint density at radius 3 is 2.17 bits per heavy atom. The van der Waals surface area contributed by atoms with Gasteiger partial charge in [0.1, 0.15) is 0 Å². The molecule has 2 aromatic heterocycles. The molecule has 0 bridgehead atoms. The maximum Gasteiger partial charge on any atom is 0.0629 e. The van der Waals surface area contributed by atoms with Crippen LogP contribution in [-0.4, -0.2) is 21.7 Å². The van der Waals surface area contributed by atoms with Crippen LogP contribution in [0.3, 0.4) is 0 Å². The molecule has 7 aromatic rings. The number of rotatable bonds is 8. The van der Waals surface area contributed by atoms with E-state index >= 15 is 0 Å². The van der Waals surface area contributed by atoms with E-state index < -0.39 is 0 Å². The largest absolute Gasteiger partial charge is 0.341 e. The second kappa shape index (κ2) is 14.3. The molecule has 2 atom stereocenters. The summed E-state index contributed by atoms with van der Waals surface area (Å²) >= 11 is 0. The molecule has 0 saturated carbocycles. The van der Waals surface area contributed by atoms with E-state index in [2.05, 4.69) is 214 Å². The smallest absolute Gasteiger partial charge is 0.0629 e. The highest BCUT2D eigenvalue weighted by atomic mass is 15.2. The molecule has 4 nitrogen and oxygen atoms in total. The lowest BCUT2D eigenvalue weighted by Gasteiger charge is -2.31. The Kier molecular flexibility index (Phi) is 8.50. The maximum absolute atomic E-state index is 2.52. The summed E-state index contributed by atoms with van der Waals surface area (Å²) in [6.07, 6.45) is 29.5. The fourth-order valence-corrected chi connectivity index (χ4v) is 10.1. The van der Waals surface area contributed by atoms with Crippen LogP contribution in [0.15, 0.2) is 188 Å². The Balaban J connectivity index is 0.964. The monoisotopic (exact) mass is 750 g/mol. The van der Waals surface area contributed by atoms with Crippen molar-refractivity contribution in [1.82, 2.24) is 9.13 Å². The number of hydrogen-bond acceptors (Lipinski definition) is 2. The van der Waals surface area contributed by atoms with Crippen LogP contribution >= 0.6 is 0 Å². The molecule has 3 aliphatic carbocycles. The summed E-state index contributed by atoms with van der Waals surface area (Å²) in [6.45, 7) is 2.89. The van der Waals surface area contributed by atoms with Gasteiger partial charge >= 0.3 is 0 Å². The first-order valence-corrected chi connectivity index (χ1v) is 20.9. The fraction of sp³-hybridized carbons (Fsp3) is 0.148. The molecular weight excluding hydrogens is 705 g/mol. The molecule has 0 spiro atoms. The molecule has 58 heavy (non-hydrogen) atoms. The number of aromatic nitrogens is 2. The maximum atomic E-state index is 2.52. The van der Waals surface area contributed by atoms with Crippen molar-refractivity contribution in [2.45, 2.75) is 44.6 Å². The number of benzene rings is 5. The molecule has 0 N–H and O–H groups in total. The predicted molar refractivity (Wildman–Crippen MR) is 247 cm³/mol. The summed E-state index contributed by atoms with van der Waals surface area (Å²) in [5.74, 6) is 0.366. The lowest BCUT2D eigenvalue weighted by molar-refractivity contribution is 0.744. The van der Waals surface area contributed by atoms with E-state index in [1.54, 1.807) is 0 Å². The van der Waals surface area contributed by atoms with Gasteiger partial charge in [0.05, 0.1) is 22.6 Å². The Morgan fingerprint density at radius 2 is 1.41 bits per heavy atom. The molecule has 4 aliphatic rings. The number of fused-ring (bicyclic) bond motifs is 9. The Labute approximate surface area is 340 Å². The molecule has 1 aliphatic heterocycles. The first-order valence-electron chi connectivity index (χ1n) is 20.9. The summed E-state index contributed by atoms with van der Waals surface area (Å²) in [5.41, 5.74) is 15.6. The molecule has 2 unspecified atom stereocenters. The van der Waals surface area contributed by atoms with Gasteiger partial charge in [-0.25, -0.2) is 0 Å². The zero-order chi connectivity index (χ0) is 38.6. The van der Waals surface area contributed by atoms with Crippen molar-refractivity contribution in [3.63, 3.8) is 0 Å². The Hall–Kier alpha value is -6.78. The SMILES string of the molecule is C/C=C(\C=C/CN(C1=CC=C(n2c3c(c4ccccc42)CCC=C3)CC1)c1ccc(N2c3ccccc3C3C=CC=CC32)cc1)n1c2ccccc2c2ccccc21. The number of nitrogens with zero attached hydrogens (tertiary/aromatic N) is 4. The van der Waals surface area contributed by atoms with Crippen molar-refractivity contribution in [3.05, 3.63) is 205 Å². The van der Waals surface area contributed by atoms with Crippen molar-refractivity contribution >= 4 is 67.2 Å². The average Bonchev–Trinajstić information content (AvgIpc) is 3.93. The van der Waals surface area contributed by atoms with Gasteiger partial charge in [0, 0.05) is 68.5 Å². The van der Waals surface area contributed by atoms with E-state index in [1.807, 2.05) is 0 Å². The van der Waals surface area contributed by atoms with E-state index in [0.717, 1.165) is 32.2 Å². The zero-order valence-electron chi connectivity index (χ0n) is 32.9. The quantitative estimate of drug-likeness (QED) is 0.144. The molecule has 5 aromatic carbocycles. The summed E-state index contributed by atoms with van der Waals surface area (Å²) in [6, 6.07) is 44.9. The van der Waals surface area contributed by atoms with E-state index in [1.165, 1.54) is 83.7 Å². The Bertz CT molecular complexity index is 2900. The number of allylic oxidation sites excluding steroid dienone is 10.